The number of nitrogens with zero attached hydrogens (tertiary/aromatic N) is 2. The van der Waals surface area contributed by atoms with Crippen LogP contribution in [0.4, 0.5) is 18.3 Å². The van der Waals surface area contributed by atoms with Crippen LogP contribution in [0.5, 0.6) is 0 Å². The van der Waals surface area contributed by atoms with Crippen molar-refractivity contribution in [2.75, 3.05) is 11.9 Å². The van der Waals surface area contributed by atoms with Gasteiger partial charge in [0.05, 0.1) is 0 Å². The van der Waals surface area contributed by atoms with Gasteiger partial charge in [0.1, 0.15) is 0 Å². The summed E-state index contributed by atoms with van der Waals surface area (Å²) in [5, 5.41) is 8.22. The van der Waals surface area contributed by atoms with Crippen molar-refractivity contribution in [2.24, 2.45) is 0 Å². The monoisotopic (exact) mass is 197 g/mol. The van der Waals surface area contributed by atoms with E-state index in [9.17, 15) is 13.2 Å². The number of hydrogen-bond donors (Lipinski definition) is 1. The maximum Gasteiger partial charge on any atom is 0.445 e. The molecule has 3 nitrogen and oxygen atoms in total. The molecule has 1 heterocycles. The van der Waals surface area contributed by atoms with E-state index < -0.39 is 11.2 Å². The predicted molar refractivity (Wildman–Crippen MR) is 39.1 cm³/mol. The number of halogens is 3. The van der Waals surface area contributed by atoms with Crippen LogP contribution in [0, 0.1) is 0 Å². The van der Waals surface area contributed by atoms with Gasteiger partial charge in [0, 0.05) is 6.54 Å². The molecule has 0 spiro atoms. The van der Waals surface area contributed by atoms with Gasteiger partial charge in [-0.3, -0.25) is 0 Å². The zero-order chi connectivity index (χ0) is 9.19. The van der Waals surface area contributed by atoms with Gasteiger partial charge >= 0.3 is 6.18 Å². The molecular formula is C5H6F3N3S. The van der Waals surface area contributed by atoms with E-state index in [-0.39, 0.29) is 5.13 Å². The molecule has 0 radical (unpaired) electrons. The molecule has 68 valence electrons. The average Bonchev–Trinajstić information content (AvgIpc) is 2.35. The maximum atomic E-state index is 11.9. The fraction of sp³-hybridized carbons (Fsp3) is 0.600. The molecule has 1 N–H and O–H groups in total. The second-order valence-corrected chi connectivity index (χ2v) is 2.92. The Morgan fingerprint density at radius 2 is 2.08 bits per heavy atom. The van der Waals surface area contributed by atoms with E-state index in [1.54, 1.807) is 6.92 Å². The number of alkyl halides is 3. The minimum atomic E-state index is -4.38. The molecule has 0 unspecified atom stereocenters. The Morgan fingerprint density at radius 3 is 2.50 bits per heavy atom. The second kappa shape index (κ2) is 3.26. The van der Waals surface area contributed by atoms with Crippen molar-refractivity contribution >= 4 is 16.5 Å². The van der Waals surface area contributed by atoms with Gasteiger partial charge in [-0.1, -0.05) is 11.3 Å². The molecule has 0 bridgehead atoms. The van der Waals surface area contributed by atoms with Crippen LogP contribution in [0.3, 0.4) is 0 Å². The first kappa shape index (κ1) is 9.24. The van der Waals surface area contributed by atoms with Gasteiger partial charge in [0.25, 0.3) is 0 Å². The zero-order valence-electron chi connectivity index (χ0n) is 6.14. The normalized spacial score (nSPS) is 11.7. The van der Waals surface area contributed by atoms with Crippen LogP contribution in [-0.2, 0) is 6.18 Å². The van der Waals surface area contributed by atoms with Crippen LogP contribution in [-0.4, -0.2) is 16.7 Å². The Labute approximate surface area is 70.6 Å². The number of rotatable bonds is 2. The molecule has 1 aromatic rings. The van der Waals surface area contributed by atoms with E-state index >= 15 is 0 Å². The molecule has 1 aromatic heterocycles. The summed E-state index contributed by atoms with van der Waals surface area (Å²) in [6.45, 7) is 2.31. The number of aromatic nitrogens is 2. The van der Waals surface area contributed by atoms with Crippen LogP contribution in [0.1, 0.15) is 11.9 Å². The van der Waals surface area contributed by atoms with E-state index in [4.69, 9.17) is 0 Å². The van der Waals surface area contributed by atoms with Crippen LogP contribution >= 0.6 is 11.3 Å². The largest absolute Gasteiger partial charge is 0.445 e. The van der Waals surface area contributed by atoms with Crippen LogP contribution < -0.4 is 5.32 Å². The summed E-state index contributed by atoms with van der Waals surface area (Å²) in [5.74, 6) is 0. The molecule has 0 aliphatic carbocycles. The standard InChI is InChI=1S/C5H6F3N3S/c1-2-9-4-11-10-3(12-4)5(6,7)8/h2H2,1H3,(H,9,11). The molecule has 0 saturated heterocycles. The minimum absolute atomic E-state index is 0.199. The molecule has 12 heavy (non-hydrogen) atoms. The Hall–Kier alpha value is -0.850. The van der Waals surface area contributed by atoms with E-state index in [0.29, 0.717) is 17.9 Å². The molecule has 0 aliphatic heterocycles. The molecule has 0 aliphatic rings. The van der Waals surface area contributed by atoms with Crippen LogP contribution in [0.15, 0.2) is 0 Å². The Kier molecular flexibility index (Phi) is 2.51. The predicted octanol–water partition coefficient (Wildman–Crippen LogP) is 1.99. The third-order valence-electron chi connectivity index (χ3n) is 0.996. The SMILES string of the molecule is CCNc1nnc(C(F)(F)F)s1. The summed E-state index contributed by atoms with van der Waals surface area (Å²) < 4.78 is 35.8. The van der Waals surface area contributed by atoms with Gasteiger partial charge in [-0.2, -0.15) is 13.2 Å². The number of anilines is 1. The van der Waals surface area contributed by atoms with Crippen molar-refractivity contribution in [1.29, 1.82) is 0 Å². The highest BCUT2D eigenvalue weighted by atomic mass is 32.1. The third kappa shape index (κ3) is 2.07. The summed E-state index contributed by atoms with van der Waals surface area (Å²) >= 11 is 0.506. The van der Waals surface area contributed by atoms with Crippen molar-refractivity contribution in [2.45, 2.75) is 13.1 Å². The van der Waals surface area contributed by atoms with Gasteiger partial charge < -0.3 is 5.32 Å². The summed E-state index contributed by atoms with van der Waals surface area (Å²) in [6, 6.07) is 0. The lowest BCUT2D eigenvalue weighted by atomic mass is 10.7. The van der Waals surface area contributed by atoms with Crippen molar-refractivity contribution < 1.29 is 13.2 Å². The summed E-state index contributed by atoms with van der Waals surface area (Å²) in [4.78, 5) is 0. The molecular weight excluding hydrogens is 191 g/mol. The van der Waals surface area contributed by atoms with Crippen molar-refractivity contribution in [3.05, 3.63) is 5.01 Å². The lowest BCUT2D eigenvalue weighted by molar-refractivity contribution is -0.138. The van der Waals surface area contributed by atoms with E-state index in [2.05, 4.69) is 15.5 Å². The lowest BCUT2D eigenvalue weighted by Gasteiger charge is -1.97. The van der Waals surface area contributed by atoms with Crippen molar-refractivity contribution in [1.82, 2.24) is 10.2 Å². The average molecular weight is 197 g/mol. The number of nitrogens with one attached hydrogen (secondary N) is 1. The van der Waals surface area contributed by atoms with Crippen molar-refractivity contribution in [3.8, 4) is 0 Å². The summed E-state index contributed by atoms with van der Waals surface area (Å²) in [5.41, 5.74) is 0. The van der Waals surface area contributed by atoms with Crippen LogP contribution in [0.2, 0.25) is 0 Å². The summed E-state index contributed by atoms with van der Waals surface area (Å²) in [7, 11) is 0. The van der Waals surface area contributed by atoms with E-state index in [1.807, 2.05) is 0 Å². The van der Waals surface area contributed by atoms with E-state index in [0.717, 1.165) is 0 Å². The van der Waals surface area contributed by atoms with Gasteiger partial charge in [0.15, 0.2) is 0 Å². The molecule has 0 atom stereocenters. The summed E-state index contributed by atoms with van der Waals surface area (Å²) in [6.07, 6.45) is -4.38. The molecule has 1 rings (SSSR count). The Bertz CT molecular complexity index is 257. The fourth-order valence-corrected chi connectivity index (χ4v) is 1.24. The Morgan fingerprint density at radius 1 is 1.42 bits per heavy atom. The first-order valence-corrected chi connectivity index (χ1v) is 4.00. The van der Waals surface area contributed by atoms with Gasteiger partial charge in [-0.05, 0) is 6.92 Å². The highest BCUT2D eigenvalue weighted by molar-refractivity contribution is 7.15. The van der Waals surface area contributed by atoms with Gasteiger partial charge in [-0.25, -0.2) is 0 Å². The molecule has 0 fully saturated rings. The first-order chi connectivity index (χ1) is 5.54. The minimum Gasteiger partial charge on any atom is -0.360 e. The molecule has 7 heteroatoms. The Balaban J connectivity index is 2.77. The van der Waals surface area contributed by atoms with Gasteiger partial charge in [-0.15, -0.1) is 10.2 Å². The zero-order valence-corrected chi connectivity index (χ0v) is 6.96. The molecule has 0 saturated carbocycles. The lowest BCUT2D eigenvalue weighted by Crippen LogP contribution is -2.03. The topological polar surface area (TPSA) is 37.8 Å². The second-order valence-electron chi connectivity index (χ2n) is 1.94. The maximum absolute atomic E-state index is 11.9. The van der Waals surface area contributed by atoms with E-state index in [1.165, 1.54) is 0 Å². The van der Waals surface area contributed by atoms with Crippen molar-refractivity contribution in [3.63, 3.8) is 0 Å². The van der Waals surface area contributed by atoms with Gasteiger partial charge in [0.2, 0.25) is 10.1 Å². The van der Waals surface area contributed by atoms with Crippen LogP contribution in [0.25, 0.3) is 0 Å². The first-order valence-electron chi connectivity index (χ1n) is 3.18. The fourth-order valence-electron chi connectivity index (χ4n) is 0.560. The molecule has 0 amide bonds. The number of hydrogen-bond acceptors (Lipinski definition) is 4. The highest BCUT2D eigenvalue weighted by Crippen LogP contribution is 2.32. The quantitative estimate of drug-likeness (QED) is 0.787. The third-order valence-corrected chi connectivity index (χ3v) is 1.92. The molecule has 0 aromatic carbocycles. The highest BCUT2D eigenvalue weighted by Gasteiger charge is 2.35. The smallest absolute Gasteiger partial charge is 0.360 e.